The molecule has 0 N–H and O–H groups in total. The van der Waals surface area contributed by atoms with Crippen molar-refractivity contribution in [3.05, 3.63) is 65.2 Å². The van der Waals surface area contributed by atoms with Crippen LogP contribution in [0.15, 0.2) is 48.5 Å². The number of benzene rings is 2. The van der Waals surface area contributed by atoms with Crippen LogP contribution >= 0.6 is 12.2 Å². The SMILES string of the molecule is CCC(CC)c1ccc(C(C)(C)c2ccc(N(C)CCC=S)cc2)cc1. The second-order valence-electron chi connectivity index (χ2n) is 7.68. The maximum atomic E-state index is 4.93. The molecule has 0 amide bonds. The topological polar surface area (TPSA) is 3.24 Å². The van der Waals surface area contributed by atoms with Crippen LogP contribution in [0.3, 0.4) is 0 Å². The molecule has 0 saturated carbocycles. The first-order valence-electron chi connectivity index (χ1n) is 9.79. The Morgan fingerprint density at radius 3 is 1.88 bits per heavy atom. The van der Waals surface area contributed by atoms with Gasteiger partial charge in [0.2, 0.25) is 0 Å². The predicted molar refractivity (Wildman–Crippen MR) is 120 cm³/mol. The van der Waals surface area contributed by atoms with Crippen molar-refractivity contribution in [1.29, 1.82) is 0 Å². The van der Waals surface area contributed by atoms with Crippen LogP contribution in [0.1, 0.15) is 69.6 Å². The Bertz CT molecular complexity index is 681. The van der Waals surface area contributed by atoms with Crippen LogP contribution < -0.4 is 4.90 Å². The van der Waals surface area contributed by atoms with Crippen molar-refractivity contribution < 1.29 is 0 Å². The highest BCUT2D eigenvalue weighted by Crippen LogP contribution is 2.34. The van der Waals surface area contributed by atoms with Gasteiger partial charge in [0, 0.05) is 24.7 Å². The molecule has 0 aromatic heterocycles. The zero-order valence-electron chi connectivity index (χ0n) is 17.0. The van der Waals surface area contributed by atoms with Crippen LogP contribution in [0.2, 0.25) is 0 Å². The molecule has 2 aromatic carbocycles. The van der Waals surface area contributed by atoms with Crippen molar-refractivity contribution in [1.82, 2.24) is 0 Å². The van der Waals surface area contributed by atoms with E-state index in [-0.39, 0.29) is 5.41 Å². The molecule has 0 unspecified atom stereocenters. The molecular weight excluding hydrogens is 334 g/mol. The number of anilines is 1. The summed E-state index contributed by atoms with van der Waals surface area (Å²) in [5, 5.41) is 1.80. The van der Waals surface area contributed by atoms with Gasteiger partial charge in [0.1, 0.15) is 0 Å². The minimum absolute atomic E-state index is 0.00203. The van der Waals surface area contributed by atoms with Crippen molar-refractivity contribution in [3.8, 4) is 0 Å². The molecule has 2 heteroatoms. The normalized spacial score (nSPS) is 11.6. The van der Waals surface area contributed by atoms with Gasteiger partial charge in [-0.3, -0.25) is 0 Å². The standard InChI is InChI=1S/C24H33NS/c1-6-19(7-2)20-9-11-21(12-10-20)24(3,4)22-13-15-23(16-14-22)25(5)17-8-18-26/h9-16,18-19H,6-8,17H2,1-5H3. The van der Waals surface area contributed by atoms with E-state index in [4.69, 9.17) is 12.2 Å². The van der Waals surface area contributed by atoms with Gasteiger partial charge in [-0.05, 0) is 59.4 Å². The van der Waals surface area contributed by atoms with E-state index in [1.165, 1.54) is 35.2 Å². The zero-order valence-corrected chi connectivity index (χ0v) is 17.8. The lowest BCUT2D eigenvalue weighted by atomic mass is 9.77. The Kier molecular flexibility index (Phi) is 7.40. The summed E-state index contributed by atoms with van der Waals surface area (Å²) in [6.45, 7) is 10.1. The molecule has 0 heterocycles. The quantitative estimate of drug-likeness (QED) is 0.451. The summed E-state index contributed by atoms with van der Waals surface area (Å²) < 4.78 is 0. The predicted octanol–water partition coefficient (Wildman–Crippen LogP) is 6.74. The summed E-state index contributed by atoms with van der Waals surface area (Å²) in [6, 6.07) is 18.2. The molecule has 0 saturated heterocycles. The van der Waals surface area contributed by atoms with E-state index in [0.29, 0.717) is 5.92 Å². The minimum Gasteiger partial charge on any atom is -0.374 e. The Balaban J connectivity index is 2.19. The molecular formula is C24H33NS. The third-order valence-corrected chi connectivity index (χ3v) is 5.94. The van der Waals surface area contributed by atoms with Gasteiger partial charge in [-0.15, -0.1) is 0 Å². The van der Waals surface area contributed by atoms with E-state index in [0.717, 1.165) is 13.0 Å². The molecule has 2 rings (SSSR count). The van der Waals surface area contributed by atoms with Gasteiger partial charge in [-0.2, -0.15) is 0 Å². The van der Waals surface area contributed by atoms with E-state index in [1.807, 2.05) is 0 Å². The van der Waals surface area contributed by atoms with Gasteiger partial charge in [-0.25, -0.2) is 0 Å². The molecule has 1 nitrogen and oxygen atoms in total. The van der Waals surface area contributed by atoms with Gasteiger partial charge in [-0.1, -0.05) is 76.3 Å². The fourth-order valence-electron chi connectivity index (χ4n) is 3.61. The molecule has 0 fully saturated rings. The summed E-state index contributed by atoms with van der Waals surface area (Å²) in [5.41, 5.74) is 5.42. The van der Waals surface area contributed by atoms with Gasteiger partial charge in [0.25, 0.3) is 0 Å². The number of hydrogen-bond donors (Lipinski definition) is 0. The summed E-state index contributed by atoms with van der Waals surface area (Å²) >= 11 is 4.93. The molecule has 0 atom stereocenters. The number of hydrogen-bond acceptors (Lipinski definition) is 2. The first kappa shape index (κ1) is 20.6. The Morgan fingerprint density at radius 2 is 1.42 bits per heavy atom. The lowest BCUT2D eigenvalue weighted by Gasteiger charge is -2.28. The molecule has 0 spiro atoms. The number of rotatable bonds is 9. The van der Waals surface area contributed by atoms with Crippen LogP contribution in [-0.4, -0.2) is 19.0 Å². The lowest BCUT2D eigenvalue weighted by Crippen LogP contribution is -2.21. The maximum Gasteiger partial charge on any atom is 0.0363 e. The van der Waals surface area contributed by atoms with E-state index in [1.54, 1.807) is 5.37 Å². The second kappa shape index (κ2) is 9.32. The average Bonchev–Trinajstić information content (AvgIpc) is 2.67. The van der Waals surface area contributed by atoms with Crippen LogP contribution in [0.5, 0.6) is 0 Å². The van der Waals surface area contributed by atoms with Crippen LogP contribution in [0, 0.1) is 0 Å². The van der Waals surface area contributed by atoms with Gasteiger partial charge >= 0.3 is 0 Å². The molecule has 26 heavy (non-hydrogen) atoms. The first-order valence-corrected chi connectivity index (χ1v) is 10.3. The summed E-state index contributed by atoms with van der Waals surface area (Å²) in [5.74, 6) is 0.675. The van der Waals surface area contributed by atoms with Crippen LogP contribution in [-0.2, 0) is 5.41 Å². The van der Waals surface area contributed by atoms with Crippen molar-refractivity contribution in [2.45, 2.75) is 58.3 Å². The second-order valence-corrected chi connectivity index (χ2v) is 8.02. The third-order valence-electron chi connectivity index (χ3n) is 5.70. The smallest absolute Gasteiger partial charge is 0.0363 e. The molecule has 0 aliphatic heterocycles. The van der Waals surface area contributed by atoms with Crippen molar-refractivity contribution in [3.63, 3.8) is 0 Å². The number of thiocarbonyl (C=S) groups is 1. The summed E-state index contributed by atoms with van der Waals surface area (Å²) in [6.07, 6.45) is 3.34. The molecule has 0 radical (unpaired) electrons. The Morgan fingerprint density at radius 1 is 0.923 bits per heavy atom. The van der Waals surface area contributed by atoms with Crippen molar-refractivity contribution >= 4 is 23.3 Å². The highest BCUT2D eigenvalue weighted by molar-refractivity contribution is 7.78. The lowest BCUT2D eigenvalue weighted by molar-refractivity contribution is 0.629. The van der Waals surface area contributed by atoms with Gasteiger partial charge in [0.05, 0.1) is 0 Å². The van der Waals surface area contributed by atoms with E-state index < -0.39 is 0 Å². The van der Waals surface area contributed by atoms with E-state index in [2.05, 4.69) is 88.2 Å². The largest absolute Gasteiger partial charge is 0.374 e. The average molecular weight is 368 g/mol. The molecule has 0 aliphatic rings. The first-order chi connectivity index (χ1) is 12.4. The Hall–Kier alpha value is -1.67. The molecule has 0 bridgehead atoms. The monoisotopic (exact) mass is 367 g/mol. The summed E-state index contributed by atoms with van der Waals surface area (Å²) in [7, 11) is 2.12. The van der Waals surface area contributed by atoms with Gasteiger partial charge < -0.3 is 4.90 Å². The maximum absolute atomic E-state index is 4.93. The van der Waals surface area contributed by atoms with Gasteiger partial charge in [0.15, 0.2) is 0 Å². The number of nitrogens with zero attached hydrogens (tertiary/aromatic N) is 1. The minimum atomic E-state index is -0.00203. The molecule has 0 aliphatic carbocycles. The zero-order chi connectivity index (χ0) is 19.2. The Labute approximate surface area is 165 Å². The van der Waals surface area contributed by atoms with Crippen LogP contribution in [0.4, 0.5) is 5.69 Å². The van der Waals surface area contributed by atoms with E-state index in [9.17, 15) is 0 Å². The fraction of sp³-hybridized carbons (Fsp3) is 0.458. The van der Waals surface area contributed by atoms with E-state index >= 15 is 0 Å². The summed E-state index contributed by atoms with van der Waals surface area (Å²) in [4.78, 5) is 2.25. The highest BCUT2D eigenvalue weighted by Gasteiger charge is 2.23. The molecule has 2 aromatic rings. The fourth-order valence-corrected chi connectivity index (χ4v) is 3.71. The highest BCUT2D eigenvalue weighted by atomic mass is 32.1. The molecule has 140 valence electrons. The van der Waals surface area contributed by atoms with Crippen molar-refractivity contribution in [2.24, 2.45) is 0 Å². The third kappa shape index (κ3) is 4.73. The van der Waals surface area contributed by atoms with Crippen LogP contribution in [0.25, 0.3) is 0 Å². The van der Waals surface area contributed by atoms with Crippen molar-refractivity contribution in [2.75, 3.05) is 18.5 Å².